The third-order valence-corrected chi connectivity index (χ3v) is 3.82. The zero-order valence-electron chi connectivity index (χ0n) is 11.6. The first-order chi connectivity index (χ1) is 8.28. The van der Waals surface area contributed by atoms with Gasteiger partial charge in [0.15, 0.2) is 0 Å². The molecular weight excluding hydrogens is 234 g/mol. The summed E-state index contributed by atoms with van der Waals surface area (Å²) in [4.78, 5) is 26.2. The second-order valence-electron chi connectivity index (χ2n) is 5.34. The summed E-state index contributed by atoms with van der Waals surface area (Å²) in [5, 5.41) is 11.2. The zero-order valence-corrected chi connectivity index (χ0v) is 11.6. The van der Waals surface area contributed by atoms with E-state index in [-0.39, 0.29) is 11.6 Å². The molecule has 0 aromatic rings. The van der Waals surface area contributed by atoms with E-state index >= 15 is 0 Å². The average molecular weight is 257 g/mol. The molecule has 0 radical (unpaired) electrons. The van der Waals surface area contributed by atoms with Gasteiger partial charge in [-0.25, -0.2) is 4.79 Å². The van der Waals surface area contributed by atoms with E-state index in [0.29, 0.717) is 6.54 Å². The molecule has 1 saturated carbocycles. The fraction of sp³-hybridized carbons (Fsp3) is 0.833. The summed E-state index contributed by atoms with van der Waals surface area (Å²) in [6, 6.07) is -1.20. The van der Waals surface area contributed by atoms with Crippen LogP contribution in [-0.4, -0.2) is 66.2 Å². The number of nitrogens with one attached hydrogen (secondary N) is 1. The highest BCUT2D eigenvalue weighted by molar-refractivity contribution is 5.82. The lowest BCUT2D eigenvalue weighted by molar-refractivity contribution is -0.138. The van der Waals surface area contributed by atoms with E-state index < -0.39 is 12.0 Å². The third-order valence-electron chi connectivity index (χ3n) is 3.82. The largest absolute Gasteiger partial charge is 0.480 e. The van der Waals surface area contributed by atoms with Gasteiger partial charge >= 0.3 is 12.0 Å². The highest BCUT2D eigenvalue weighted by atomic mass is 16.4. The summed E-state index contributed by atoms with van der Waals surface area (Å²) in [7, 11) is 5.74. The first kappa shape index (κ1) is 14.8. The van der Waals surface area contributed by atoms with Gasteiger partial charge in [-0.2, -0.15) is 0 Å². The van der Waals surface area contributed by atoms with Crippen molar-refractivity contribution in [1.82, 2.24) is 15.1 Å². The topological polar surface area (TPSA) is 72.9 Å². The van der Waals surface area contributed by atoms with E-state index in [9.17, 15) is 9.59 Å². The predicted molar refractivity (Wildman–Crippen MR) is 68.5 cm³/mol. The van der Waals surface area contributed by atoms with Gasteiger partial charge in [0.05, 0.1) is 0 Å². The minimum Gasteiger partial charge on any atom is -0.480 e. The molecule has 1 aliphatic carbocycles. The van der Waals surface area contributed by atoms with Crippen molar-refractivity contribution in [1.29, 1.82) is 0 Å². The molecule has 1 atom stereocenters. The van der Waals surface area contributed by atoms with Crippen molar-refractivity contribution in [3.63, 3.8) is 0 Å². The molecule has 0 heterocycles. The Balaban J connectivity index is 2.52. The van der Waals surface area contributed by atoms with Crippen molar-refractivity contribution >= 4 is 12.0 Å². The molecule has 0 aromatic heterocycles. The molecule has 0 aliphatic heterocycles. The monoisotopic (exact) mass is 257 g/mol. The van der Waals surface area contributed by atoms with Gasteiger partial charge in [-0.1, -0.05) is 0 Å². The van der Waals surface area contributed by atoms with E-state index in [2.05, 4.69) is 10.2 Å². The average Bonchev–Trinajstić information content (AvgIpc) is 2.21. The fourth-order valence-electron chi connectivity index (χ4n) is 2.20. The quantitative estimate of drug-likeness (QED) is 0.756. The maximum absolute atomic E-state index is 11.8. The minimum absolute atomic E-state index is 0.0541. The van der Waals surface area contributed by atoms with Crippen LogP contribution < -0.4 is 5.32 Å². The molecule has 6 heteroatoms. The van der Waals surface area contributed by atoms with Crippen molar-refractivity contribution in [3.8, 4) is 0 Å². The third kappa shape index (κ3) is 3.13. The normalized spacial score (nSPS) is 18.9. The van der Waals surface area contributed by atoms with Crippen molar-refractivity contribution in [2.24, 2.45) is 0 Å². The maximum atomic E-state index is 11.8. The lowest BCUT2D eigenvalue weighted by Crippen LogP contribution is -2.59. The molecule has 2 amide bonds. The standard InChI is InChI=1S/C12H23N3O3/c1-9(10(16)17)13-11(18)15(4)8-12(14(2)3)6-5-7-12/h9H,5-8H2,1-4H3,(H,13,18)(H,16,17)/t9-/m1/s1. The van der Waals surface area contributed by atoms with Gasteiger partial charge in [0.25, 0.3) is 0 Å². The summed E-state index contributed by atoms with van der Waals surface area (Å²) < 4.78 is 0. The number of hydrogen-bond donors (Lipinski definition) is 2. The Morgan fingerprint density at radius 2 is 1.89 bits per heavy atom. The van der Waals surface area contributed by atoms with Crippen molar-refractivity contribution in [2.45, 2.75) is 37.8 Å². The summed E-state index contributed by atoms with van der Waals surface area (Å²) >= 11 is 0. The molecule has 0 saturated heterocycles. The number of carbonyl (C=O) groups is 2. The smallest absolute Gasteiger partial charge is 0.325 e. The Kier molecular flexibility index (Phi) is 4.56. The Bertz CT molecular complexity index is 327. The molecule has 6 nitrogen and oxygen atoms in total. The molecule has 18 heavy (non-hydrogen) atoms. The molecule has 0 aromatic carbocycles. The second kappa shape index (κ2) is 5.56. The molecule has 0 spiro atoms. The molecular formula is C12H23N3O3. The Labute approximate surface area is 108 Å². The van der Waals surface area contributed by atoms with Crippen LogP contribution in [0.2, 0.25) is 0 Å². The summed E-state index contributed by atoms with van der Waals surface area (Å²) in [6.45, 7) is 2.08. The van der Waals surface area contributed by atoms with Gasteiger partial charge < -0.3 is 20.2 Å². The highest BCUT2D eigenvalue weighted by Gasteiger charge is 2.40. The van der Waals surface area contributed by atoms with E-state index in [1.165, 1.54) is 13.3 Å². The first-order valence-corrected chi connectivity index (χ1v) is 6.20. The SMILES string of the molecule is C[C@@H](NC(=O)N(C)CC1(N(C)C)CCC1)C(=O)O. The van der Waals surface area contributed by atoms with Crippen molar-refractivity contribution in [2.75, 3.05) is 27.7 Å². The van der Waals surface area contributed by atoms with Gasteiger partial charge in [0.1, 0.15) is 6.04 Å². The Morgan fingerprint density at radius 3 is 2.22 bits per heavy atom. The second-order valence-corrected chi connectivity index (χ2v) is 5.34. The van der Waals surface area contributed by atoms with Crippen LogP contribution in [-0.2, 0) is 4.79 Å². The van der Waals surface area contributed by atoms with E-state index in [0.717, 1.165) is 12.8 Å². The summed E-state index contributed by atoms with van der Waals surface area (Å²) in [6.07, 6.45) is 3.33. The van der Waals surface area contributed by atoms with Crippen molar-refractivity contribution in [3.05, 3.63) is 0 Å². The molecule has 0 bridgehead atoms. The number of rotatable bonds is 5. The van der Waals surface area contributed by atoms with E-state index in [1.807, 2.05) is 14.1 Å². The number of likely N-dealkylation sites (N-methyl/N-ethyl adjacent to an activating group) is 2. The van der Waals surface area contributed by atoms with Gasteiger partial charge in [0, 0.05) is 19.1 Å². The van der Waals surface area contributed by atoms with Crippen LogP contribution in [0.15, 0.2) is 0 Å². The summed E-state index contributed by atoms with van der Waals surface area (Å²) in [5.41, 5.74) is 0.0541. The Hall–Kier alpha value is -1.30. The van der Waals surface area contributed by atoms with Crippen LogP contribution in [0.1, 0.15) is 26.2 Å². The van der Waals surface area contributed by atoms with Crippen molar-refractivity contribution < 1.29 is 14.7 Å². The lowest BCUT2D eigenvalue weighted by Gasteiger charge is -2.49. The molecule has 1 fully saturated rings. The molecule has 1 rings (SSSR count). The van der Waals surface area contributed by atoms with Crippen LogP contribution in [0.25, 0.3) is 0 Å². The van der Waals surface area contributed by atoms with Crippen LogP contribution in [0.5, 0.6) is 0 Å². The maximum Gasteiger partial charge on any atom is 0.325 e. The number of aliphatic carboxylic acids is 1. The van der Waals surface area contributed by atoms with E-state index in [1.54, 1.807) is 11.9 Å². The number of carbonyl (C=O) groups excluding carboxylic acids is 1. The number of hydrogen-bond acceptors (Lipinski definition) is 3. The number of carboxylic acids is 1. The lowest BCUT2D eigenvalue weighted by atomic mass is 9.75. The van der Waals surface area contributed by atoms with E-state index in [4.69, 9.17) is 5.11 Å². The molecule has 2 N–H and O–H groups in total. The van der Waals surface area contributed by atoms with Crippen LogP contribution in [0.4, 0.5) is 4.79 Å². The molecule has 0 unspecified atom stereocenters. The predicted octanol–water partition coefficient (Wildman–Crippen LogP) is 0.585. The van der Waals surface area contributed by atoms with Gasteiger partial charge in [-0.15, -0.1) is 0 Å². The van der Waals surface area contributed by atoms with Gasteiger partial charge in [-0.3, -0.25) is 4.79 Å². The van der Waals surface area contributed by atoms with Crippen LogP contribution in [0, 0.1) is 0 Å². The Morgan fingerprint density at radius 1 is 1.33 bits per heavy atom. The fourth-order valence-corrected chi connectivity index (χ4v) is 2.20. The minimum atomic E-state index is -1.03. The first-order valence-electron chi connectivity index (χ1n) is 6.20. The molecule has 104 valence electrons. The van der Waals surface area contributed by atoms with Crippen LogP contribution >= 0.6 is 0 Å². The zero-order chi connectivity index (χ0) is 13.9. The number of nitrogens with zero attached hydrogens (tertiary/aromatic N) is 2. The number of carboxylic acid groups (broad SMARTS) is 1. The van der Waals surface area contributed by atoms with Gasteiger partial charge in [-0.05, 0) is 40.3 Å². The summed E-state index contributed by atoms with van der Waals surface area (Å²) in [5.74, 6) is -1.03. The highest BCUT2D eigenvalue weighted by Crippen LogP contribution is 2.36. The van der Waals surface area contributed by atoms with Gasteiger partial charge in [0.2, 0.25) is 0 Å². The van der Waals surface area contributed by atoms with Crippen LogP contribution in [0.3, 0.4) is 0 Å². The number of amides is 2. The number of urea groups is 1. The molecule has 1 aliphatic rings.